The summed E-state index contributed by atoms with van der Waals surface area (Å²) in [6, 6.07) is 4.08. The first kappa shape index (κ1) is 16.0. The molecule has 0 saturated heterocycles. The molecule has 0 aliphatic carbocycles. The van der Waals surface area contributed by atoms with Gasteiger partial charge in [0.25, 0.3) is 0 Å². The Hall–Kier alpha value is -1.07. The topological polar surface area (TPSA) is 35.2 Å². The molecule has 0 unspecified atom stereocenters. The van der Waals surface area contributed by atoms with Crippen molar-refractivity contribution >= 4 is 0 Å². The molecule has 0 aliphatic heterocycles. The second kappa shape index (κ2) is 6.39. The summed E-state index contributed by atoms with van der Waals surface area (Å²) < 4.78 is 43.8. The zero-order chi connectivity index (χ0) is 14.6. The molecule has 0 bridgehead atoms. The quantitative estimate of drug-likeness (QED) is 0.889. The summed E-state index contributed by atoms with van der Waals surface area (Å²) >= 11 is 0. The zero-order valence-electron chi connectivity index (χ0n) is 11.4. The Bertz CT molecular complexity index is 416. The first-order valence-electron chi connectivity index (χ1n) is 6.26. The molecular formula is C14H20F3NO. The average Bonchev–Trinajstić information content (AvgIpc) is 2.34. The summed E-state index contributed by atoms with van der Waals surface area (Å²) in [6.07, 6.45) is -4.50. The van der Waals surface area contributed by atoms with Gasteiger partial charge < -0.3 is 10.5 Å². The number of hydrogen-bond acceptors (Lipinski definition) is 2. The van der Waals surface area contributed by atoms with E-state index in [4.69, 9.17) is 10.5 Å². The first-order chi connectivity index (χ1) is 8.74. The smallest absolute Gasteiger partial charge is 0.373 e. The monoisotopic (exact) mass is 275 g/mol. The van der Waals surface area contributed by atoms with Gasteiger partial charge in [0.05, 0.1) is 18.3 Å². The molecule has 0 fully saturated rings. The summed E-state index contributed by atoms with van der Waals surface area (Å²) in [5.41, 5.74) is 5.97. The summed E-state index contributed by atoms with van der Waals surface area (Å²) in [5, 5.41) is 0. The van der Waals surface area contributed by atoms with Crippen molar-refractivity contribution in [1.29, 1.82) is 0 Å². The van der Waals surface area contributed by atoms with Crippen LogP contribution in [0.15, 0.2) is 18.2 Å². The van der Waals surface area contributed by atoms with Crippen molar-refractivity contribution < 1.29 is 17.9 Å². The van der Waals surface area contributed by atoms with E-state index in [1.165, 1.54) is 6.07 Å². The summed E-state index contributed by atoms with van der Waals surface area (Å²) in [5.74, 6) is 0.0352. The lowest BCUT2D eigenvalue weighted by Crippen LogP contribution is -2.20. The van der Waals surface area contributed by atoms with Gasteiger partial charge in [-0.2, -0.15) is 13.2 Å². The van der Waals surface area contributed by atoms with Gasteiger partial charge in [0.1, 0.15) is 0 Å². The van der Waals surface area contributed by atoms with Gasteiger partial charge in [-0.1, -0.05) is 19.9 Å². The van der Waals surface area contributed by atoms with Crippen molar-refractivity contribution in [1.82, 2.24) is 0 Å². The Morgan fingerprint density at radius 1 is 1.16 bits per heavy atom. The van der Waals surface area contributed by atoms with Crippen molar-refractivity contribution in [2.24, 2.45) is 5.73 Å². The third-order valence-electron chi connectivity index (χ3n) is 2.88. The normalized spacial score (nSPS) is 13.9. The van der Waals surface area contributed by atoms with E-state index in [9.17, 15) is 13.2 Å². The van der Waals surface area contributed by atoms with Crippen LogP contribution in [0.5, 0.6) is 0 Å². The van der Waals surface area contributed by atoms with Crippen molar-refractivity contribution in [3.05, 3.63) is 34.9 Å². The van der Waals surface area contributed by atoms with Gasteiger partial charge >= 0.3 is 6.18 Å². The Kier molecular flexibility index (Phi) is 5.38. The van der Waals surface area contributed by atoms with Crippen LogP contribution in [-0.2, 0) is 17.5 Å². The van der Waals surface area contributed by atoms with Crippen molar-refractivity contribution in [2.45, 2.75) is 45.6 Å². The van der Waals surface area contributed by atoms with Crippen LogP contribution >= 0.6 is 0 Å². The highest BCUT2D eigenvalue weighted by atomic mass is 19.4. The van der Waals surface area contributed by atoms with Gasteiger partial charge in [0, 0.05) is 6.54 Å². The van der Waals surface area contributed by atoms with Crippen molar-refractivity contribution in [3.63, 3.8) is 0 Å². The highest BCUT2D eigenvalue weighted by molar-refractivity contribution is 5.33. The molecule has 1 atom stereocenters. The molecule has 0 heterocycles. The van der Waals surface area contributed by atoms with Gasteiger partial charge in [-0.15, -0.1) is 0 Å². The van der Waals surface area contributed by atoms with Gasteiger partial charge in [-0.3, -0.25) is 0 Å². The lowest BCUT2D eigenvalue weighted by Gasteiger charge is -2.16. The second-order valence-electron chi connectivity index (χ2n) is 4.97. The third kappa shape index (κ3) is 4.84. The minimum Gasteiger partial charge on any atom is -0.373 e. The molecule has 5 heteroatoms. The van der Waals surface area contributed by atoms with Crippen molar-refractivity contribution in [2.75, 3.05) is 6.54 Å². The van der Waals surface area contributed by atoms with E-state index >= 15 is 0 Å². The van der Waals surface area contributed by atoms with E-state index in [0.29, 0.717) is 17.7 Å². The highest BCUT2D eigenvalue weighted by Gasteiger charge is 2.31. The number of ether oxygens (including phenoxy) is 1. The minimum absolute atomic E-state index is 0.0352. The van der Waals surface area contributed by atoms with E-state index in [2.05, 4.69) is 0 Å². The van der Waals surface area contributed by atoms with Crippen LogP contribution in [-0.4, -0.2) is 12.6 Å². The molecule has 108 valence electrons. The predicted octanol–water partition coefficient (Wildman–Crippen LogP) is 3.69. The van der Waals surface area contributed by atoms with E-state index < -0.39 is 11.7 Å². The Labute approximate surface area is 111 Å². The molecule has 0 saturated carbocycles. The number of benzene rings is 1. The minimum atomic E-state index is -4.33. The first-order valence-corrected chi connectivity index (χ1v) is 6.26. The number of hydrogen-bond donors (Lipinski definition) is 1. The molecule has 19 heavy (non-hydrogen) atoms. The van der Waals surface area contributed by atoms with Crippen LogP contribution in [0.3, 0.4) is 0 Å². The van der Waals surface area contributed by atoms with Crippen LogP contribution in [0, 0.1) is 0 Å². The van der Waals surface area contributed by atoms with Crippen LogP contribution < -0.4 is 5.73 Å². The lowest BCUT2D eigenvalue weighted by molar-refractivity contribution is -0.137. The summed E-state index contributed by atoms with van der Waals surface area (Å²) in [6.45, 7) is 6.00. The Morgan fingerprint density at radius 3 is 2.26 bits per heavy atom. The molecule has 0 amide bonds. The van der Waals surface area contributed by atoms with Gasteiger partial charge in [-0.25, -0.2) is 0 Å². The van der Waals surface area contributed by atoms with Crippen LogP contribution in [0.25, 0.3) is 0 Å². The predicted molar refractivity (Wildman–Crippen MR) is 68.8 cm³/mol. The second-order valence-corrected chi connectivity index (χ2v) is 4.97. The maximum atomic E-state index is 12.8. The van der Waals surface area contributed by atoms with Gasteiger partial charge in [0.2, 0.25) is 0 Å². The summed E-state index contributed by atoms with van der Waals surface area (Å²) in [4.78, 5) is 0. The molecule has 1 aromatic rings. The molecule has 2 nitrogen and oxygen atoms in total. The molecule has 1 aromatic carbocycles. The lowest BCUT2D eigenvalue weighted by atomic mass is 9.97. The maximum absolute atomic E-state index is 12.8. The highest BCUT2D eigenvalue weighted by Crippen LogP contribution is 2.32. The van der Waals surface area contributed by atoms with Crippen molar-refractivity contribution in [3.8, 4) is 0 Å². The number of nitrogens with two attached hydrogens (primary N) is 1. The third-order valence-corrected chi connectivity index (χ3v) is 2.88. The molecule has 2 N–H and O–H groups in total. The molecule has 0 spiro atoms. The maximum Gasteiger partial charge on any atom is 0.416 e. The Morgan fingerprint density at radius 2 is 1.79 bits per heavy atom. The average molecular weight is 275 g/mol. The number of rotatable bonds is 5. The molecule has 1 rings (SSSR count). The van der Waals surface area contributed by atoms with Crippen LogP contribution in [0.2, 0.25) is 0 Å². The Balaban J connectivity index is 3.00. The van der Waals surface area contributed by atoms with Gasteiger partial charge in [-0.05, 0) is 36.1 Å². The largest absolute Gasteiger partial charge is 0.416 e. The van der Waals surface area contributed by atoms with Gasteiger partial charge in [0.15, 0.2) is 0 Å². The van der Waals surface area contributed by atoms with Crippen LogP contribution in [0.4, 0.5) is 13.2 Å². The number of halogens is 3. The fraction of sp³-hybridized carbons (Fsp3) is 0.571. The molecule has 0 aliphatic rings. The van der Waals surface area contributed by atoms with E-state index in [1.807, 2.05) is 13.8 Å². The fourth-order valence-corrected chi connectivity index (χ4v) is 1.61. The molecular weight excluding hydrogens is 255 g/mol. The standard InChI is InChI=1S/C14H20F3NO/c1-9(2)12-4-11(8-19-10(3)7-18)5-13(6-12)14(15,16)17/h4-6,9-10H,7-8,18H2,1-3H3/t10-/m0/s1. The fourth-order valence-electron chi connectivity index (χ4n) is 1.61. The number of alkyl halides is 3. The summed E-state index contributed by atoms with van der Waals surface area (Å²) in [7, 11) is 0. The van der Waals surface area contributed by atoms with E-state index in [0.717, 1.165) is 6.07 Å². The molecule has 0 radical (unpaired) electrons. The van der Waals surface area contributed by atoms with E-state index in [-0.39, 0.29) is 18.6 Å². The van der Waals surface area contributed by atoms with E-state index in [1.54, 1.807) is 13.0 Å². The molecule has 0 aromatic heterocycles. The SMILES string of the molecule is CC(C)c1cc(CO[C@@H](C)CN)cc(C(F)(F)F)c1. The van der Waals surface area contributed by atoms with Crippen LogP contribution in [0.1, 0.15) is 43.4 Å². The zero-order valence-corrected chi connectivity index (χ0v) is 11.4.